The van der Waals surface area contributed by atoms with Crippen LogP contribution in [-0.2, 0) is 15.9 Å². The van der Waals surface area contributed by atoms with E-state index in [0.717, 1.165) is 32.5 Å². The zero-order valence-corrected chi connectivity index (χ0v) is 12.7. The van der Waals surface area contributed by atoms with Gasteiger partial charge in [0.2, 0.25) is 0 Å². The maximum atomic E-state index is 5.82. The lowest BCUT2D eigenvalue weighted by Crippen LogP contribution is -2.34. The van der Waals surface area contributed by atoms with E-state index in [4.69, 9.17) is 9.47 Å². The van der Waals surface area contributed by atoms with E-state index < -0.39 is 0 Å². The van der Waals surface area contributed by atoms with Crippen molar-refractivity contribution in [3.63, 3.8) is 0 Å². The first-order chi connectivity index (χ1) is 9.83. The molecule has 1 aromatic rings. The Morgan fingerprint density at radius 1 is 1.35 bits per heavy atom. The number of hydrogen-bond acceptors (Lipinski definition) is 3. The number of methoxy groups -OCH3 is 1. The number of anilines is 1. The summed E-state index contributed by atoms with van der Waals surface area (Å²) in [6, 6.07) is 9.09. The van der Waals surface area contributed by atoms with Gasteiger partial charge in [-0.15, -0.1) is 0 Å². The first kappa shape index (κ1) is 15.3. The molecule has 0 aliphatic carbocycles. The van der Waals surface area contributed by atoms with Gasteiger partial charge in [0, 0.05) is 25.4 Å². The molecule has 1 N–H and O–H groups in total. The summed E-state index contributed by atoms with van der Waals surface area (Å²) in [6.07, 6.45) is 5.97. The zero-order valence-electron chi connectivity index (χ0n) is 12.7. The quantitative estimate of drug-likeness (QED) is 0.825. The Morgan fingerprint density at radius 3 is 3.00 bits per heavy atom. The van der Waals surface area contributed by atoms with Crippen LogP contribution in [-0.4, -0.2) is 32.5 Å². The molecule has 1 aliphatic heterocycles. The summed E-state index contributed by atoms with van der Waals surface area (Å²) in [5.41, 5.74) is 2.60. The smallest absolute Gasteiger partial charge is 0.0594 e. The molecular weight excluding hydrogens is 250 g/mol. The summed E-state index contributed by atoms with van der Waals surface area (Å²) < 4.78 is 11.0. The van der Waals surface area contributed by atoms with Crippen molar-refractivity contribution in [3.8, 4) is 0 Å². The van der Waals surface area contributed by atoms with Crippen molar-refractivity contribution < 1.29 is 9.47 Å². The van der Waals surface area contributed by atoms with E-state index in [-0.39, 0.29) is 0 Å². The zero-order chi connectivity index (χ0) is 14.2. The number of para-hydroxylation sites is 1. The molecule has 112 valence electrons. The van der Waals surface area contributed by atoms with Crippen molar-refractivity contribution in [1.29, 1.82) is 0 Å². The number of ether oxygens (including phenoxy) is 2. The highest BCUT2D eigenvalue weighted by molar-refractivity contribution is 5.52. The van der Waals surface area contributed by atoms with Crippen molar-refractivity contribution in [1.82, 2.24) is 0 Å². The Kier molecular flexibility index (Phi) is 6.34. The average Bonchev–Trinajstić information content (AvgIpc) is 2.47. The van der Waals surface area contributed by atoms with Crippen LogP contribution in [0.5, 0.6) is 0 Å². The van der Waals surface area contributed by atoms with Crippen molar-refractivity contribution in [3.05, 3.63) is 29.8 Å². The lowest BCUT2D eigenvalue weighted by molar-refractivity contribution is 0.00596. The molecule has 0 amide bonds. The second-order valence-corrected chi connectivity index (χ2v) is 5.55. The minimum Gasteiger partial charge on any atom is -0.384 e. The van der Waals surface area contributed by atoms with Crippen molar-refractivity contribution in [2.75, 3.05) is 25.6 Å². The monoisotopic (exact) mass is 277 g/mol. The molecule has 1 saturated heterocycles. The second kappa shape index (κ2) is 8.28. The van der Waals surface area contributed by atoms with Crippen LogP contribution >= 0.6 is 0 Å². The van der Waals surface area contributed by atoms with Crippen LogP contribution in [0.2, 0.25) is 0 Å². The van der Waals surface area contributed by atoms with Gasteiger partial charge in [-0.1, -0.05) is 31.5 Å². The van der Waals surface area contributed by atoms with Gasteiger partial charge >= 0.3 is 0 Å². The van der Waals surface area contributed by atoms with Gasteiger partial charge in [-0.05, 0) is 37.3 Å². The lowest BCUT2D eigenvalue weighted by atomic mass is 9.99. The van der Waals surface area contributed by atoms with Gasteiger partial charge in [0.25, 0.3) is 0 Å². The molecule has 0 aromatic heterocycles. The van der Waals surface area contributed by atoms with Crippen LogP contribution in [0.25, 0.3) is 0 Å². The molecule has 0 radical (unpaired) electrons. The van der Waals surface area contributed by atoms with E-state index in [1.165, 1.54) is 24.1 Å². The molecule has 2 unspecified atom stereocenters. The Bertz CT molecular complexity index is 392. The van der Waals surface area contributed by atoms with E-state index in [1.807, 2.05) is 0 Å². The number of rotatable bonds is 7. The molecule has 20 heavy (non-hydrogen) atoms. The molecule has 1 aliphatic rings. The third kappa shape index (κ3) is 4.50. The van der Waals surface area contributed by atoms with Gasteiger partial charge in [-0.25, -0.2) is 0 Å². The maximum Gasteiger partial charge on any atom is 0.0594 e. The first-order valence-corrected chi connectivity index (χ1v) is 7.78. The number of hydrogen-bond donors (Lipinski definition) is 1. The Morgan fingerprint density at radius 2 is 2.20 bits per heavy atom. The van der Waals surface area contributed by atoms with Crippen LogP contribution in [0, 0.1) is 0 Å². The lowest BCUT2D eigenvalue weighted by Gasteiger charge is -2.31. The molecule has 0 spiro atoms. The minimum absolute atomic E-state index is 0.428. The molecule has 0 bridgehead atoms. The van der Waals surface area contributed by atoms with Crippen LogP contribution in [0.3, 0.4) is 0 Å². The van der Waals surface area contributed by atoms with Crippen LogP contribution in [0.1, 0.15) is 38.2 Å². The fourth-order valence-corrected chi connectivity index (χ4v) is 2.85. The predicted molar refractivity (Wildman–Crippen MR) is 83.3 cm³/mol. The summed E-state index contributed by atoms with van der Waals surface area (Å²) in [5.74, 6) is 0. The van der Waals surface area contributed by atoms with Crippen LogP contribution < -0.4 is 5.32 Å². The molecule has 3 heteroatoms. The molecule has 1 aromatic carbocycles. The van der Waals surface area contributed by atoms with E-state index in [1.54, 1.807) is 7.11 Å². The standard InChI is InChI=1S/C17H27NO2/c1-3-6-16-13-15(10-12-20-16)18-17-8-5-4-7-14(17)9-11-19-2/h4-5,7-8,15-16,18H,3,6,9-13H2,1-2H3. The molecule has 3 nitrogen and oxygen atoms in total. The molecule has 0 saturated carbocycles. The van der Waals surface area contributed by atoms with Gasteiger partial charge in [-0.2, -0.15) is 0 Å². The van der Waals surface area contributed by atoms with Gasteiger partial charge in [0.15, 0.2) is 0 Å². The first-order valence-electron chi connectivity index (χ1n) is 7.78. The summed E-state index contributed by atoms with van der Waals surface area (Å²) >= 11 is 0. The normalized spacial score (nSPS) is 22.7. The van der Waals surface area contributed by atoms with E-state index in [9.17, 15) is 0 Å². The summed E-state index contributed by atoms with van der Waals surface area (Å²) in [7, 11) is 1.75. The Balaban J connectivity index is 1.94. The third-order valence-corrected chi connectivity index (χ3v) is 3.93. The van der Waals surface area contributed by atoms with E-state index >= 15 is 0 Å². The fraction of sp³-hybridized carbons (Fsp3) is 0.647. The molecule has 1 heterocycles. The van der Waals surface area contributed by atoms with Gasteiger partial charge in [-0.3, -0.25) is 0 Å². The van der Waals surface area contributed by atoms with Crippen molar-refractivity contribution in [2.24, 2.45) is 0 Å². The highest BCUT2D eigenvalue weighted by atomic mass is 16.5. The van der Waals surface area contributed by atoms with Gasteiger partial charge < -0.3 is 14.8 Å². The molecule has 2 rings (SSSR count). The van der Waals surface area contributed by atoms with Crippen LogP contribution in [0.15, 0.2) is 24.3 Å². The molecular formula is C17H27NO2. The average molecular weight is 277 g/mol. The van der Waals surface area contributed by atoms with Gasteiger partial charge in [0.05, 0.1) is 12.7 Å². The summed E-state index contributed by atoms with van der Waals surface area (Å²) in [4.78, 5) is 0. The Labute approximate surface area is 122 Å². The SMILES string of the molecule is CCCC1CC(Nc2ccccc2CCOC)CCO1. The van der Waals surface area contributed by atoms with E-state index in [0.29, 0.717) is 12.1 Å². The van der Waals surface area contributed by atoms with Gasteiger partial charge in [0.1, 0.15) is 0 Å². The minimum atomic E-state index is 0.428. The largest absolute Gasteiger partial charge is 0.384 e. The van der Waals surface area contributed by atoms with Crippen LogP contribution in [0.4, 0.5) is 5.69 Å². The maximum absolute atomic E-state index is 5.82. The van der Waals surface area contributed by atoms with Crippen molar-refractivity contribution >= 4 is 5.69 Å². The highest BCUT2D eigenvalue weighted by Gasteiger charge is 2.22. The highest BCUT2D eigenvalue weighted by Crippen LogP contribution is 2.23. The molecule has 2 atom stereocenters. The Hall–Kier alpha value is -1.06. The molecule has 1 fully saturated rings. The number of benzene rings is 1. The second-order valence-electron chi connectivity index (χ2n) is 5.55. The van der Waals surface area contributed by atoms with E-state index in [2.05, 4.69) is 36.5 Å². The van der Waals surface area contributed by atoms with Crippen molar-refractivity contribution in [2.45, 2.75) is 51.2 Å². The summed E-state index contributed by atoms with van der Waals surface area (Å²) in [5, 5.41) is 3.71. The topological polar surface area (TPSA) is 30.5 Å². The number of nitrogens with one attached hydrogen (secondary N) is 1. The predicted octanol–water partition coefficient (Wildman–Crippen LogP) is 3.64. The third-order valence-electron chi connectivity index (χ3n) is 3.93. The summed E-state index contributed by atoms with van der Waals surface area (Å²) in [6.45, 7) is 3.87. The fourth-order valence-electron chi connectivity index (χ4n) is 2.85.